The number of hydrogen-bond donors (Lipinski definition) is 1. The molecule has 7 atom stereocenters. The number of nitrogens with zero attached hydrogens (tertiary/aromatic N) is 3. The molecule has 2 bridgehead atoms. The number of likely N-dealkylation sites (N-methyl/N-ethyl adjacent to an activating group) is 1. The molecular formula is C26H41N3O4S. The second-order valence-corrected chi connectivity index (χ2v) is 11.6. The van der Waals surface area contributed by atoms with E-state index in [4.69, 9.17) is 0 Å². The van der Waals surface area contributed by atoms with Crippen LogP contribution in [0.4, 0.5) is 0 Å². The van der Waals surface area contributed by atoms with Crippen LogP contribution in [0.2, 0.25) is 0 Å². The van der Waals surface area contributed by atoms with E-state index in [0.29, 0.717) is 26.1 Å². The molecule has 3 amide bonds. The van der Waals surface area contributed by atoms with E-state index in [0.717, 1.165) is 19.3 Å². The van der Waals surface area contributed by atoms with Crippen molar-refractivity contribution in [2.75, 3.05) is 33.3 Å². The minimum atomic E-state index is -0.636. The van der Waals surface area contributed by atoms with E-state index in [1.54, 1.807) is 40.8 Å². The number of carbonyl (C=O) groups is 3. The zero-order valence-corrected chi connectivity index (χ0v) is 21.9. The third-order valence-electron chi connectivity index (χ3n) is 7.95. The first kappa shape index (κ1) is 26.8. The number of fused-ring (bicyclic) bond motifs is 1. The molecule has 34 heavy (non-hydrogen) atoms. The molecule has 1 N–H and O–H groups in total. The SMILES string of the molecule is C=CCN(C)C(=O)[C@@H]1[C@H]2C(=O)N(CCCO)C(C(=O)N(CC=C)C(C)CCC)C23S[C@@H]1CC3C. The summed E-state index contributed by atoms with van der Waals surface area (Å²) in [7, 11) is 1.75. The third kappa shape index (κ3) is 4.21. The molecule has 0 aromatic rings. The lowest BCUT2D eigenvalue weighted by Crippen LogP contribution is -2.58. The zero-order valence-electron chi connectivity index (χ0n) is 21.1. The molecule has 190 valence electrons. The van der Waals surface area contributed by atoms with E-state index in [-0.39, 0.29) is 41.5 Å². The highest BCUT2D eigenvalue weighted by Crippen LogP contribution is 2.68. The van der Waals surface area contributed by atoms with Crippen molar-refractivity contribution in [2.24, 2.45) is 17.8 Å². The fourth-order valence-electron chi connectivity index (χ4n) is 6.46. The van der Waals surface area contributed by atoms with E-state index in [2.05, 4.69) is 27.0 Å². The van der Waals surface area contributed by atoms with Gasteiger partial charge in [0.05, 0.1) is 16.6 Å². The van der Waals surface area contributed by atoms with Gasteiger partial charge in [-0.15, -0.1) is 24.9 Å². The van der Waals surface area contributed by atoms with Crippen molar-refractivity contribution in [2.45, 2.75) is 68.5 Å². The Morgan fingerprint density at radius 1 is 1.29 bits per heavy atom. The number of amides is 3. The van der Waals surface area contributed by atoms with Gasteiger partial charge < -0.3 is 19.8 Å². The van der Waals surface area contributed by atoms with Crippen molar-refractivity contribution in [1.82, 2.24) is 14.7 Å². The predicted molar refractivity (Wildman–Crippen MR) is 136 cm³/mol. The predicted octanol–water partition coefficient (Wildman–Crippen LogP) is 2.55. The Morgan fingerprint density at radius 2 is 1.97 bits per heavy atom. The van der Waals surface area contributed by atoms with Crippen LogP contribution in [0.25, 0.3) is 0 Å². The molecule has 4 unspecified atom stereocenters. The zero-order chi connectivity index (χ0) is 25.2. The molecule has 1 spiro atoms. The van der Waals surface area contributed by atoms with Gasteiger partial charge in [0, 0.05) is 44.6 Å². The second-order valence-electron chi connectivity index (χ2n) is 10.1. The van der Waals surface area contributed by atoms with Gasteiger partial charge in [-0.2, -0.15) is 0 Å². The number of aliphatic hydroxyl groups excluding tert-OH is 1. The second kappa shape index (κ2) is 10.9. The Labute approximate surface area is 208 Å². The van der Waals surface area contributed by atoms with Gasteiger partial charge in [-0.25, -0.2) is 0 Å². The monoisotopic (exact) mass is 491 g/mol. The number of carbonyl (C=O) groups excluding carboxylic acids is 3. The Hall–Kier alpha value is -1.80. The molecule has 3 aliphatic heterocycles. The summed E-state index contributed by atoms with van der Waals surface area (Å²) in [5.41, 5.74) is 0. The summed E-state index contributed by atoms with van der Waals surface area (Å²) in [4.78, 5) is 46.9. The van der Waals surface area contributed by atoms with Crippen LogP contribution in [0.15, 0.2) is 25.3 Å². The minimum Gasteiger partial charge on any atom is -0.396 e. The standard InChI is InChI=1S/C26H41N3O4S/c1-7-11-18(5)28(13-9-3)25(33)22-26-17(4)16-19(34-26)20(23(31)27(6)12-8-2)21(26)24(32)29(22)14-10-15-30/h8-9,17-22,30H,2-3,7,10-16H2,1,4-6H3/t17?,18?,19-,20+,21+,22?,26?/m1/s1. The smallest absolute Gasteiger partial charge is 0.247 e. The Bertz CT molecular complexity index is 820. The first-order valence-electron chi connectivity index (χ1n) is 12.6. The van der Waals surface area contributed by atoms with Crippen molar-refractivity contribution in [1.29, 1.82) is 0 Å². The lowest BCUT2D eigenvalue weighted by atomic mass is 9.65. The van der Waals surface area contributed by atoms with Crippen molar-refractivity contribution in [3.63, 3.8) is 0 Å². The quantitative estimate of drug-likeness (QED) is 0.425. The largest absolute Gasteiger partial charge is 0.396 e. The summed E-state index contributed by atoms with van der Waals surface area (Å²) in [6.07, 6.45) is 6.47. The highest BCUT2D eigenvalue weighted by atomic mass is 32.2. The first-order chi connectivity index (χ1) is 16.2. The normalized spacial score (nSPS) is 32.4. The lowest BCUT2D eigenvalue weighted by molar-refractivity contribution is -0.145. The molecule has 3 aliphatic rings. The summed E-state index contributed by atoms with van der Waals surface area (Å²) in [6, 6.07) is -0.612. The first-order valence-corrected chi connectivity index (χ1v) is 13.4. The Balaban J connectivity index is 2.07. The fraction of sp³-hybridized carbons (Fsp3) is 0.731. The molecule has 0 aliphatic carbocycles. The van der Waals surface area contributed by atoms with Gasteiger partial charge in [-0.05, 0) is 32.1 Å². The summed E-state index contributed by atoms with van der Waals surface area (Å²) in [5, 5.41) is 9.55. The number of rotatable bonds is 12. The number of hydrogen-bond acceptors (Lipinski definition) is 5. The van der Waals surface area contributed by atoms with Crippen LogP contribution in [0.5, 0.6) is 0 Å². The van der Waals surface area contributed by atoms with Gasteiger partial charge in [-0.1, -0.05) is 32.4 Å². The van der Waals surface area contributed by atoms with Crippen LogP contribution >= 0.6 is 11.8 Å². The summed E-state index contributed by atoms with van der Waals surface area (Å²) >= 11 is 1.70. The van der Waals surface area contributed by atoms with Crippen molar-refractivity contribution in [3.05, 3.63) is 25.3 Å². The van der Waals surface area contributed by atoms with Crippen molar-refractivity contribution in [3.8, 4) is 0 Å². The molecule has 0 aromatic carbocycles. The fourth-order valence-corrected chi connectivity index (χ4v) is 8.87. The molecule has 8 heteroatoms. The summed E-state index contributed by atoms with van der Waals surface area (Å²) in [5.74, 6) is -1.03. The van der Waals surface area contributed by atoms with Gasteiger partial charge in [0.25, 0.3) is 0 Å². The minimum absolute atomic E-state index is 0.0239. The Kier molecular flexibility index (Phi) is 8.56. The number of aliphatic hydroxyl groups is 1. The van der Waals surface area contributed by atoms with E-state index in [9.17, 15) is 19.5 Å². The molecule has 3 fully saturated rings. The average Bonchev–Trinajstić information content (AvgIpc) is 3.39. The van der Waals surface area contributed by atoms with Crippen LogP contribution in [-0.4, -0.2) is 92.9 Å². The van der Waals surface area contributed by atoms with Crippen LogP contribution < -0.4 is 0 Å². The summed E-state index contributed by atoms with van der Waals surface area (Å²) in [6.45, 7) is 15.0. The molecule has 3 rings (SSSR count). The number of thioether (sulfide) groups is 1. The maximum absolute atomic E-state index is 14.3. The lowest BCUT2D eigenvalue weighted by Gasteiger charge is -2.42. The van der Waals surface area contributed by atoms with E-state index in [1.165, 1.54) is 0 Å². The highest BCUT2D eigenvalue weighted by Gasteiger charge is 2.76. The van der Waals surface area contributed by atoms with Gasteiger partial charge in [0.2, 0.25) is 17.7 Å². The van der Waals surface area contributed by atoms with Crippen molar-refractivity contribution >= 4 is 29.5 Å². The van der Waals surface area contributed by atoms with Gasteiger partial charge >= 0.3 is 0 Å². The molecule has 0 saturated carbocycles. The third-order valence-corrected chi connectivity index (χ3v) is 10.0. The summed E-state index contributed by atoms with van der Waals surface area (Å²) < 4.78 is -0.630. The molecule has 3 saturated heterocycles. The van der Waals surface area contributed by atoms with E-state index < -0.39 is 22.6 Å². The van der Waals surface area contributed by atoms with E-state index in [1.807, 2.05) is 11.8 Å². The van der Waals surface area contributed by atoms with Crippen LogP contribution in [0.3, 0.4) is 0 Å². The molecule has 0 aromatic heterocycles. The molecule has 0 radical (unpaired) electrons. The van der Waals surface area contributed by atoms with Crippen LogP contribution in [-0.2, 0) is 14.4 Å². The molecular weight excluding hydrogens is 450 g/mol. The maximum Gasteiger partial charge on any atom is 0.247 e. The Morgan fingerprint density at radius 3 is 2.56 bits per heavy atom. The van der Waals surface area contributed by atoms with Gasteiger partial charge in [0.15, 0.2) is 0 Å². The maximum atomic E-state index is 14.3. The van der Waals surface area contributed by atoms with Crippen molar-refractivity contribution < 1.29 is 19.5 Å². The van der Waals surface area contributed by atoms with Gasteiger partial charge in [0.1, 0.15) is 6.04 Å². The topological polar surface area (TPSA) is 81.2 Å². The number of likely N-dealkylation sites (tertiary alicyclic amines) is 1. The van der Waals surface area contributed by atoms with Crippen LogP contribution in [0, 0.1) is 17.8 Å². The van der Waals surface area contributed by atoms with Gasteiger partial charge in [-0.3, -0.25) is 14.4 Å². The highest BCUT2D eigenvalue weighted by molar-refractivity contribution is 8.02. The average molecular weight is 492 g/mol. The van der Waals surface area contributed by atoms with E-state index >= 15 is 0 Å². The molecule has 3 heterocycles. The molecule has 7 nitrogen and oxygen atoms in total. The van der Waals surface area contributed by atoms with Crippen LogP contribution in [0.1, 0.15) is 46.5 Å².